The minimum absolute atomic E-state index is 0.0603. The predicted molar refractivity (Wildman–Crippen MR) is 74.2 cm³/mol. The zero-order chi connectivity index (χ0) is 13.5. The van der Waals surface area contributed by atoms with Crippen molar-refractivity contribution in [2.24, 2.45) is 11.7 Å². The van der Waals surface area contributed by atoms with Crippen molar-refractivity contribution in [1.29, 1.82) is 0 Å². The molecule has 1 heterocycles. The van der Waals surface area contributed by atoms with Crippen molar-refractivity contribution in [2.45, 2.75) is 20.3 Å². The lowest BCUT2D eigenvalue weighted by Gasteiger charge is -2.24. The molecule has 0 aromatic carbocycles. The number of hydrogen-bond acceptors (Lipinski definition) is 4. The number of amides is 1. The number of nitrogens with two attached hydrogens (primary N) is 1. The molecule has 98 valence electrons. The SMILES string of the molecule is CC(C)CN(CCC(N)=S)C(=O)c1ccnnc1. The molecule has 0 aliphatic heterocycles. The molecule has 5 nitrogen and oxygen atoms in total. The quantitative estimate of drug-likeness (QED) is 0.785. The third-order valence-electron chi connectivity index (χ3n) is 2.33. The van der Waals surface area contributed by atoms with Crippen LogP contribution in [0.4, 0.5) is 0 Å². The summed E-state index contributed by atoms with van der Waals surface area (Å²) in [6.07, 6.45) is 3.51. The summed E-state index contributed by atoms with van der Waals surface area (Å²) in [6, 6.07) is 1.66. The van der Waals surface area contributed by atoms with Crippen LogP contribution in [-0.4, -0.2) is 39.1 Å². The maximum atomic E-state index is 12.3. The number of thiocarbonyl (C=S) groups is 1. The normalized spacial score (nSPS) is 10.4. The summed E-state index contributed by atoms with van der Waals surface area (Å²) in [5.74, 6) is 0.324. The first kappa shape index (κ1) is 14.5. The standard InChI is InChI=1S/C12H18N4OS/c1-9(2)8-16(6-4-11(13)18)12(17)10-3-5-14-15-7-10/h3,5,7,9H,4,6,8H2,1-2H3,(H2,13,18). The summed E-state index contributed by atoms with van der Waals surface area (Å²) in [5, 5.41) is 7.38. The van der Waals surface area contributed by atoms with Crippen LogP contribution in [0.15, 0.2) is 18.5 Å². The summed E-state index contributed by atoms with van der Waals surface area (Å²) < 4.78 is 0. The van der Waals surface area contributed by atoms with Crippen molar-refractivity contribution in [3.8, 4) is 0 Å². The maximum absolute atomic E-state index is 12.3. The van der Waals surface area contributed by atoms with Gasteiger partial charge >= 0.3 is 0 Å². The van der Waals surface area contributed by atoms with Gasteiger partial charge < -0.3 is 10.6 Å². The minimum atomic E-state index is -0.0603. The molecule has 0 unspecified atom stereocenters. The van der Waals surface area contributed by atoms with Gasteiger partial charge in [-0.05, 0) is 12.0 Å². The van der Waals surface area contributed by atoms with Crippen molar-refractivity contribution >= 4 is 23.1 Å². The molecule has 2 N–H and O–H groups in total. The molecule has 0 aliphatic rings. The Morgan fingerprint density at radius 3 is 2.72 bits per heavy atom. The summed E-state index contributed by atoms with van der Waals surface area (Å²) in [6.45, 7) is 5.33. The first-order valence-corrected chi connectivity index (χ1v) is 6.25. The molecule has 1 rings (SSSR count). The molecule has 1 aromatic rings. The van der Waals surface area contributed by atoms with Gasteiger partial charge in [0.15, 0.2) is 0 Å². The minimum Gasteiger partial charge on any atom is -0.393 e. The number of nitrogens with zero attached hydrogens (tertiary/aromatic N) is 3. The highest BCUT2D eigenvalue weighted by atomic mass is 32.1. The van der Waals surface area contributed by atoms with E-state index < -0.39 is 0 Å². The molecule has 0 radical (unpaired) electrons. The number of carbonyl (C=O) groups excluding carboxylic acids is 1. The van der Waals surface area contributed by atoms with E-state index in [9.17, 15) is 4.79 Å². The average Bonchev–Trinajstić information content (AvgIpc) is 2.34. The highest BCUT2D eigenvalue weighted by Gasteiger charge is 2.17. The molecular weight excluding hydrogens is 248 g/mol. The van der Waals surface area contributed by atoms with E-state index in [1.165, 1.54) is 12.4 Å². The Balaban J connectivity index is 2.75. The van der Waals surface area contributed by atoms with Gasteiger partial charge in [-0.25, -0.2) is 0 Å². The lowest BCUT2D eigenvalue weighted by atomic mass is 10.1. The highest BCUT2D eigenvalue weighted by Crippen LogP contribution is 2.07. The Hall–Kier alpha value is -1.56. The molecule has 0 fully saturated rings. The second-order valence-electron chi connectivity index (χ2n) is 4.49. The largest absolute Gasteiger partial charge is 0.393 e. The second kappa shape index (κ2) is 7.00. The van der Waals surface area contributed by atoms with Crippen LogP contribution in [0.25, 0.3) is 0 Å². The third kappa shape index (κ3) is 4.75. The van der Waals surface area contributed by atoms with Gasteiger partial charge in [0.25, 0.3) is 5.91 Å². The van der Waals surface area contributed by atoms with Crippen LogP contribution in [0.2, 0.25) is 0 Å². The van der Waals surface area contributed by atoms with Crippen molar-refractivity contribution in [3.05, 3.63) is 24.0 Å². The second-order valence-corrected chi connectivity index (χ2v) is 5.02. The maximum Gasteiger partial charge on any atom is 0.255 e. The average molecular weight is 266 g/mol. The Morgan fingerprint density at radius 1 is 1.50 bits per heavy atom. The van der Waals surface area contributed by atoms with Gasteiger partial charge in [0.05, 0.1) is 22.9 Å². The molecule has 1 amide bonds. The summed E-state index contributed by atoms with van der Waals surface area (Å²) >= 11 is 4.85. The van der Waals surface area contributed by atoms with Gasteiger partial charge in [0.1, 0.15) is 0 Å². The van der Waals surface area contributed by atoms with Gasteiger partial charge in [-0.3, -0.25) is 4.79 Å². The zero-order valence-corrected chi connectivity index (χ0v) is 11.5. The molecule has 0 bridgehead atoms. The fourth-order valence-electron chi connectivity index (χ4n) is 1.56. The number of aromatic nitrogens is 2. The molecule has 1 aromatic heterocycles. The van der Waals surface area contributed by atoms with E-state index in [0.29, 0.717) is 36.0 Å². The number of hydrogen-bond donors (Lipinski definition) is 1. The molecule has 0 spiro atoms. The van der Waals surface area contributed by atoms with Crippen LogP contribution in [0, 0.1) is 5.92 Å². The lowest BCUT2D eigenvalue weighted by molar-refractivity contribution is 0.0740. The number of carbonyl (C=O) groups is 1. The summed E-state index contributed by atoms with van der Waals surface area (Å²) in [4.78, 5) is 14.4. The molecule has 18 heavy (non-hydrogen) atoms. The van der Waals surface area contributed by atoms with E-state index in [0.717, 1.165) is 0 Å². The lowest BCUT2D eigenvalue weighted by Crippen LogP contribution is -2.36. The van der Waals surface area contributed by atoms with Crippen LogP contribution < -0.4 is 5.73 Å². The van der Waals surface area contributed by atoms with Crippen molar-refractivity contribution in [2.75, 3.05) is 13.1 Å². The molecule has 6 heteroatoms. The predicted octanol–water partition coefficient (Wildman–Crippen LogP) is 1.25. The Morgan fingerprint density at radius 2 is 2.22 bits per heavy atom. The molecule has 0 saturated heterocycles. The number of rotatable bonds is 6. The van der Waals surface area contributed by atoms with Gasteiger partial charge in [0.2, 0.25) is 0 Å². The zero-order valence-electron chi connectivity index (χ0n) is 10.7. The van der Waals surface area contributed by atoms with E-state index in [-0.39, 0.29) is 5.91 Å². The molecule has 0 saturated carbocycles. The van der Waals surface area contributed by atoms with Crippen LogP contribution in [0.5, 0.6) is 0 Å². The van der Waals surface area contributed by atoms with E-state index in [4.69, 9.17) is 18.0 Å². The van der Waals surface area contributed by atoms with Crippen LogP contribution in [-0.2, 0) is 0 Å². The Kier molecular flexibility index (Phi) is 5.64. The van der Waals surface area contributed by atoms with E-state index >= 15 is 0 Å². The Bertz CT molecular complexity index is 408. The van der Waals surface area contributed by atoms with Gasteiger partial charge in [-0.15, -0.1) is 0 Å². The summed E-state index contributed by atoms with van der Waals surface area (Å²) in [5.41, 5.74) is 6.02. The van der Waals surface area contributed by atoms with Crippen LogP contribution >= 0.6 is 12.2 Å². The Labute approximate surface area is 112 Å². The van der Waals surface area contributed by atoms with Crippen LogP contribution in [0.3, 0.4) is 0 Å². The summed E-state index contributed by atoms with van der Waals surface area (Å²) in [7, 11) is 0. The topological polar surface area (TPSA) is 72.1 Å². The van der Waals surface area contributed by atoms with E-state index in [2.05, 4.69) is 24.0 Å². The van der Waals surface area contributed by atoms with Gasteiger partial charge in [-0.1, -0.05) is 26.1 Å². The molecule has 0 atom stereocenters. The fourth-order valence-corrected chi connectivity index (χ4v) is 1.65. The van der Waals surface area contributed by atoms with Crippen LogP contribution in [0.1, 0.15) is 30.6 Å². The first-order valence-electron chi connectivity index (χ1n) is 5.85. The van der Waals surface area contributed by atoms with Gasteiger partial charge in [-0.2, -0.15) is 10.2 Å². The third-order valence-corrected chi connectivity index (χ3v) is 2.54. The highest BCUT2D eigenvalue weighted by molar-refractivity contribution is 7.80. The van der Waals surface area contributed by atoms with Crippen molar-refractivity contribution < 1.29 is 4.79 Å². The smallest absolute Gasteiger partial charge is 0.255 e. The van der Waals surface area contributed by atoms with Crippen molar-refractivity contribution in [1.82, 2.24) is 15.1 Å². The van der Waals surface area contributed by atoms with E-state index in [1.807, 2.05) is 0 Å². The van der Waals surface area contributed by atoms with Gasteiger partial charge in [0, 0.05) is 19.5 Å². The monoisotopic (exact) mass is 266 g/mol. The molecular formula is C12H18N4OS. The van der Waals surface area contributed by atoms with E-state index in [1.54, 1.807) is 11.0 Å². The van der Waals surface area contributed by atoms with Crippen molar-refractivity contribution in [3.63, 3.8) is 0 Å². The fraction of sp³-hybridized carbons (Fsp3) is 0.500. The first-order chi connectivity index (χ1) is 8.50. The molecule has 0 aliphatic carbocycles.